The summed E-state index contributed by atoms with van der Waals surface area (Å²) >= 11 is 8.11. The first kappa shape index (κ1) is 19.9. The SMILES string of the molecule is Clc1cccc(Cn2c(C(Sc3ccccc3)c3ccccc3)nc3ccccc32)c1. The summed E-state index contributed by atoms with van der Waals surface area (Å²) in [6.07, 6.45) is 0. The first-order chi connectivity index (χ1) is 15.3. The lowest BCUT2D eigenvalue weighted by molar-refractivity contribution is 0.757. The standard InChI is InChI=1S/C27H21ClN2S/c28-22-13-9-10-20(18-22)19-30-25-17-8-7-16-24(25)29-27(30)26(21-11-3-1-4-12-21)31-23-14-5-2-6-15-23/h1-18,26H,19H2. The number of aromatic nitrogens is 2. The number of halogens is 1. The van der Waals surface area contributed by atoms with E-state index in [-0.39, 0.29) is 5.25 Å². The first-order valence-electron chi connectivity index (χ1n) is 10.2. The number of fused-ring (bicyclic) bond motifs is 1. The molecule has 0 aliphatic heterocycles. The lowest BCUT2D eigenvalue weighted by Gasteiger charge is -2.19. The van der Waals surface area contributed by atoms with Crippen LogP contribution in [-0.2, 0) is 6.54 Å². The third-order valence-corrected chi connectivity index (χ3v) is 6.75. The van der Waals surface area contributed by atoms with Gasteiger partial charge in [-0.2, -0.15) is 0 Å². The van der Waals surface area contributed by atoms with Crippen molar-refractivity contribution in [3.63, 3.8) is 0 Å². The highest BCUT2D eigenvalue weighted by molar-refractivity contribution is 7.99. The van der Waals surface area contributed by atoms with E-state index in [1.54, 1.807) is 0 Å². The molecule has 1 heterocycles. The molecule has 1 aromatic heterocycles. The maximum atomic E-state index is 6.28. The Hall–Kier alpha value is -3.01. The van der Waals surface area contributed by atoms with Gasteiger partial charge in [0.15, 0.2) is 0 Å². The second kappa shape index (κ2) is 9.01. The number of hydrogen-bond donors (Lipinski definition) is 0. The summed E-state index contributed by atoms with van der Waals surface area (Å²) in [6.45, 7) is 0.717. The molecule has 0 aliphatic rings. The molecular formula is C27H21ClN2S. The molecule has 31 heavy (non-hydrogen) atoms. The van der Waals surface area contributed by atoms with Crippen molar-refractivity contribution in [2.75, 3.05) is 0 Å². The zero-order valence-electron chi connectivity index (χ0n) is 16.9. The molecule has 0 N–H and O–H groups in total. The molecule has 0 bridgehead atoms. The lowest BCUT2D eigenvalue weighted by atomic mass is 10.1. The number of nitrogens with zero attached hydrogens (tertiary/aromatic N) is 2. The normalized spacial score (nSPS) is 12.2. The van der Waals surface area contributed by atoms with Gasteiger partial charge in [0, 0.05) is 16.5 Å². The zero-order valence-corrected chi connectivity index (χ0v) is 18.4. The topological polar surface area (TPSA) is 17.8 Å². The highest BCUT2D eigenvalue weighted by Gasteiger charge is 2.23. The Labute approximate surface area is 191 Å². The van der Waals surface area contributed by atoms with Crippen molar-refractivity contribution in [3.05, 3.63) is 131 Å². The number of thioether (sulfide) groups is 1. The highest BCUT2D eigenvalue weighted by atomic mass is 35.5. The zero-order chi connectivity index (χ0) is 21.0. The van der Waals surface area contributed by atoms with Crippen molar-refractivity contribution in [3.8, 4) is 0 Å². The molecule has 0 aliphatic carbocycles. The van der Waals surface area contributed by atoms with Crippen molar-refractivity contribution in [2.45, 2.75) is 16.7 Å². The molecule has 5 rings (SSSR count). The molecule has 4 aromatic carbocycles. The van der Waals surface area contributed by atoms with E-state index in [1.165, 1.54) is 10.5 Å². The van der Waals surface area contributed by atoms with E-state index in [1.807, 2.05) is 36.0 Å². The Balaban J connectivity index is 1.66. The summed E-state index contributed by atoms with van der Waals surface area (Å²) in [5.74, 6) is 1.04. The molecule has 0 saturated carbocycles. The van der Waals surface area contributed by atoms with Gasteiger partial charge in [-0.3, -0.25) is 0 Å². The van der Waals surface area contributed by atoms with E-state index in [9.17, 15) is 0 Å². The average Bonchev–Trinajstić information content (AvgIpc) is 3.17. The van der Waals surface area contributed by atoms with Crippen LogP contribution in [0.3, 0.4) is 0 Å². The molecule has 1 atom stereocenters. The van der Waals surface area contributed by atoms with Gasteiger partial charge in [0.2, 0.25) is 0 Å². The van der Waals surface area contributed by atoms with Crippen molar-refractivity contribution in [1.82, 2.24) is 9.55 Å². The number of rotatable bonds is 6. The Bertz CT molecular complexity index is 1300. The highest BCUT2D eigenvalue weighted by Crippen LogP contribution is 2.41. The van der Waals surface area contributed by atoms with Gasteiger partial charge in [-0.15, -0.1) is 11.8 Å². The quantitative estimate of drug-likeness (QED) is 0.253. The number of para-hydroxylation sites is 2. The van der Waals surface area contributed by atoms with Crippen LogP contribution in [0.2, 0.25) is 5.02 Å². The van der Waals surface area contributed by atoms with Gasteiger partial charge in [0.25, 0.3) is 0 Å². The molecule has 0 amide bonds. The fraction of sp³-hybridized carbons (Fsp3) is 0.0741. The van der Waals surface area contributed by atoms with Crippen molar-refractivity contribution < 1.29 is 0 Å². The monoisotopic (exact) mass is 440 g/mol. The van der Waals surface area contributed by atoms with Gasteiger partial charge in [-0.1, -0.05) is 84.4 Å². The molecule has 152 valence electrons. The maximum absolute atomic E-state index is 6.28. The summed E-state index contributed by atoms with van der Waals surface area (Å²) in [5.41, 5.74) is 4.54. The third-order valence-electron chi connectivity index (χ3n) is 5.25. The number of benzene rings is 4. The minimum Gasteiger partial charge on any atom is -0.322 e. The van der Waals surface area contributed by atoms with Gasteiger partial charge in [0.05, 0.1) is 16.3 Å². The molecule has 0 saturated heterocycles. The Morgan fingerprint density at radius 1 is 0.774 bits per heavy atom. The Morgan fingerprint density at radius 3 is 2.26 bits per heavy atom. The van der Waals surface area contributed by atoms with Crippen LogP contribution in [0.15, 0.2) is 114 Å². The maximum Gasteiger partial charge on any atom is 0.128 e. The van der Waals surface area contributed by atoms with Crippen LogP contribution in [0.4, 0.5) is 0 Å². The largest absolute Gasteiger partial charge is 0.322 e. The molecule has 2 nitrogen and oxygen atoms in total. The van der Waals surface area contributed by atoms with Crippen LogP contribution in [0.25, 0.3) is 11.0 Å². The minimum atomic E-state index is 0.0650. The van der Waals surface area contributed by atoms with Gasteiger partial charge in [0.1, 0.15) is 5.82 Å². The minimum absolute atomic E-state index is 0.0650. The van der Waals surface area contributed by atoms with Crippen LogP contribution in [0.5, 0.6) is 0 Å². The van der Waals surface area contributed by atoms with Gasteiger partial charge >= 0.3 is 0 Å². The Morgan fingerprint density at radius 2 is 1.48 bits per heavy atom. The predicted molar refractivity (Wildman–Crippen MR) is 131 cm³/mol. The molecule has 1 unspecified atom stereocenters. The Kier molecular flexibility index (Phi) is 5.79. The molecule has 4 heteroatoms. The van der Waals surface area contributed by atoms with E-state index < -0.39 is 0 Å². The lowest BCUT2D eigenvalue weighted by Crippen LogP contribution is -2.09. The van der Waals surface area contributed by atoms with Crippen LogP contribution in [0, 0.1) is 0 Å². The van der Waals surface area contributed by atoms with Crippen LogP contribution < -0.4 is 0 Å². The van der Waals surface area contributed by atoms with E-state index in [0.29, 0.717) is 0 Å². The summed E-state index contributed by atoms with van der Waals surface area (Å²) in [7, 11) is 0. The fourth-order valence-electron chi connectivity index (χ4n) is 3.81. The van der Waals surface area contributed by atoms with Crippen LogP contribution >= 0.6 is 23.4 Å². The predicted octanol–water partition coefficient (Wildman–Crippen LogP) is 7.62. The average molecular weight is 441 g/mol. The molecule has 0 spiro atoms. The van der Waals surface area contributed by atoms with Gasteiger partial charge in [-0.25, -0.2) is 4.98 Å². The van der Waals surface area contributed by atoms with Crippen molar-refractivity contribution >= 4 is 34.4 Å². The molecule has 5 aromatic rings. The third kappa shape index (κ3) is 4.39. The summed E-state index contributed by atoms with van der Waals surface area (Å²) < 4.78 is 2.33. The summed E-state index contributed by atoms with van der Waals surface area (Å²) in [4.78, 5) is 6.33. The van der Waals surface area contributed by atoms with E-state index in [2.05, 4.69) is 89.5 Å². The van der Waals surface area contributed by atoms with E-state index >= 15 is 0 Å². The van der Waals surface area contributed by atoms with Crippen LogP contribution in [0.1, 0.15) is 22.2 Å². The van der Waals surface area contributed by atoms with Gasteiger partial charge in [-0.05, 0) is 47.5 Å². The smallest absolute Gasteiger partial charge is 0.128 e. The second-order valence-corrected chi connectivity index (χ2v) is 9.01. The number of hydrogen-bond acceptors (Lipinski definition) is 2. The van der Waals surface area contributed by atoms with Crippen LogP contribution in [-0.4, -0.2) is 9.55 Å². The number of imidazole rings is 1. The van der Waals surface area contributed by atoms with Crippen molar-refractivity contribution in [1.29, 1.82) is 0 Å². The first-order valence-corrected chi connectivity index (χ1v) is 11.5. The second-order valence-electron chi connectivity index (χ2n) is 7.40. The molecule has 0 radical (unpaired) electrons. The van der Waals surface area contributed by atoms with E-state index in [0.717, 1.165) is 34.0 Å². The fourth-order valence-corrected chi connectivity index (χ4v) is 5.19. The summed E-state index contributed by atoms with van der Waals surface area (Å²) in [6, 6.07) is 37.6. The molecular weight excluding hydrogens is 420 g/mol. The van der Waals surface area contributed by atoms with Gasteiger partial charge < -0.3 is 4.57 Å². The van der Waals surface area contributed by atoms with E-state index in [4.69, 9.17) is 16.6 Å². The molecule has 0 fully saturated rings. The van der Waals surface area contributed by atoms with Crippen molar-refractivity contribution in [2.24, 2.45) is 0 Å². The summed E-state index contributed by atoms with van der Waals surface area (Å²) in [5, 5.41) is 0.817.